The molecule has 7 heteroatoms. The van der Waals surface area contributed by atoms with Gasteiger partial charge >= 0.3 is 0 Å². The summed E-state index contributed by atoms with van der Waals surface area (Å²) in [7, 11) is -1.89. The summed E-state index contributed by atoms with van der Waals surface area (Å²) in [5, 5.41) is 0. The second-order valence-corrected chi connectivity index (χ2v) is 7.66. The molecule has 0 fully saturated rings. The number of rotatable bonds is 9. The molecule has 0 bridgehead atoms. The van der Waals surface area contributed by atoms with Crippen LogP contribution in [0, 0.1) is 0 Å². The lowest BCUT2D eigenvalue weighted by atomic mass is 10.1. The summed E-state index contributed by atoms with van der Waals surface area (Å²) in [6.07, 6.45) is 4.51. The third kappa shape index (κ3) is 4.81. The van der Waals surface area contributed by atoms with Gasteiger partial charge in [-0.1, -0.05) is 33.3 Å². The number of nitrogens with zero attached hydrogens (tertiary/aromatic N) is 1. The second kappa shape index (κ2) is 8.49. The van der Waals surface area contributed by atoms with E-state index in [1.165, 1.54) is 0 Å². The van der Waals surface area contributed by atoms with Gasteiger partial charge in [-0.3, -0.25) is 4.79 Å². The van der Waals surface area contributed by atoms with Gasteiger partial charge in [0, 0.05) is 11.8 Å². The van der Waals surface area contributed by atoms with Gasteiger partial charge < -0.3 is 9.64 Å². The zero-order chi connectivity index (χ0) is 17.6. The standard InChI is InChI=1S/C16H28N2O4S/c1-6-9-13(17-23(20,21)8-3)16(19)18-12(4)11-15(22-5)14(18)10-7-2/h11,13-14,17H,4,6-10H2,1-3,5H3/t13-,14-/m0/s1. The van der Waals surface area contributed by atoms with E-state index in [1.807, 2.05) is 13.8 Å². The molecule has 0 spiro atoms. The van der Waals surface area contributed by atoms with Crippen molar-refractivity contribution in [2.45, 2.75) is 58.5 Å². The number of hydrogen-bond acceptors (Lipinski definition) is 4. The van der Waals surface area contributed by atoms with E-state index in [9.17, 15) is 13.2 Å². The molecular formula is C16H28N2O4S. The highest BCUT2D eigenvalue weighted by Gasteiger charge is 2.38. The van der Waals surface area contributed by atoms with Gasteiger partial charge in [0.15, 0.2) is 0 Å². The van der Waals surface area contributed by atoms with Crippen LogP contribution in [0.3, 0.4) is 0 Å². The van der Waals surface area contributed by atoms with Crippen LogP contribution in [-0.2, 0) is 19.6 Å². The number of sulfonamides is 1. The van der Waals surface area contributed by atoms with E-state index < -0.39 is 16.1 Å². The molecule has 0 saturated heterocycles. The summed E-state index contributed by atoms with van der Waals surface area (Å²) in [4.78, 5) is 14.5. The predicted molar refractivity (Wildman–Crippen MR) is 91.1 cm³/mol. The van der Waals surface area contributed by atoms with Gasteiger partial charge in [-0.05, 0) is 19.8 Å². The molecule has 1 rings (SSSR count). The van der Waals surface area contributed by atoms with Crippen LogP contribution in [0.4, 0.5) is 0 Å². The summed E-state index contributed by atoms with van der Waals surface area (Å²) in [5.74, 6) is 0.371. The Morgan fingerprint density at radius 2 is 2.04 bits per heavy atom. The monoisotopic (exact) mass is 344 g/mol. The Bertz CT molecular complexity index is 569. The summed E-state index contributed by atoms with van der Waals surface area (Å²) in [5.41, 5.74) is 0.544. The fourth-order valence-corrected chi connectivity index (χ4v) is 3.50. The van der Waals surface area contributed by atoms with E-state index in [0.717, 1.165) is 12.8 Å². The molecule has 0 aromatic carbocycles. The Morgan fingerprint density at radius 1 is 1.39 bits per heavy atom. The van der Waals surface area contributed by atoms with E-state index in [2.05, 4.69) is 11.3 Å². The fourth-order valence-electron chi connectivity index (χ4n) is 2.68. The number of nitrogens with one attached hydrogen (secondary N) is 1. The Morgan fingerprint density at radius 3 is 2.52 bits per heavy atom. The molecule has 1 aliphatic heterocycles. The maximum absolute atomic E-state index is 12.9. The molecule has 0 aliphatic carbocycles. The summed E-state index contributed by atoms with van der Waals surface area (Å²) >= 11 is 0. The third-order valence-corrected chi connectivity index (χ3v) is 5.27. The minimum Gasteiger partial charge on any atom is -0.499 e. The van der Waals surface area contributed by atoms with Crippen molar-refractivity contribution < 1.29 is 17.9 Å². The van der Waals surface area contributed by atoms with Gasteiger partial charge in [-0.25, -0.2) is 13.1 Å². The average molecular weight is 344 g/mol. The Kier molecular flexibility index (Phi) is 7.28. The van der Waals surface area contributed by atoms with Gasteiger partial charge in [-0.15, -0.1) is 0 Å². The smallest absolute Gasteiger partial charge is 0.245 e. The molecular weight excluding hydrogens is 316 g/mol. The normalized spacial score (nSPS) is 19.7. The average Bonchev–Trinajstić information content (AvgIpc) is 2.82. The first-order valence-corrected chi connectivity index (χ1v) is 9.74. The minimum atomic E-state index is -3.46. The van der Waals surface area contributed by atoms with Crippen LogP contribution < -0.4 is 4.72 Å². The van der Waals surface area contributed by atoms with Gasteiger partial charge in [0.05, 0.1) is 18.9 Å². The van der Waals surface area contributed by atoms with Crippen molar-refractivity contribution in [3.63, 3.8) is 0 Å². The van der Waals surface area contributed by atoms with Crippen molar-refractivity contribution in [1.82, 2.24) is 9.62 Å². The number of amides is 1. The van der Waals surface area contributed by atoms with Crippen molar-refractivity contribution >= 4 is 15.9 Å². The van der Waals surface area contributed by atoms with Crippen molar-refractivity contribution in [2.24, 2.45) is 0 Å². The van der Waals surface area contributed by atoms with E-state index in [1.54, 1.807) is 25.0 Å². The Balaban J connectivity index is 3.04. The van der Waals surface area contributed by atoms with E-state index >= 15 is 0 Å². The van der Waals surface area contributed by atoms with Crippen molar-refractivity contribution in [1.29, 1.82) is 0 Å². The van der Waals surface area contributed by atoms with Crippen LogP contribution >= 0.6 is 0 Å². The molecule has 1 amide bonds. The van der Waals surface area contributed by atoms with Crippen LogP contribution in [0.15, 0.2) is 24.1 Å². The molecule has 0 aromatic rings. The minimum absolute atomic E-state index is 0.0542. The zero-order valence-electron chi connectivity index (χ0n) is 14.5. The molecule has 0 aromatic heterocycles. The second-order valence-electron chi connectivity index (χ2n) is 5.62. The first-order valence-electron chi connectivity index (χ1n) is 8.08. The van der Waals surface area contributed by atoms with E-state index in [-0.39, 0.29) is 17.7 Å². The summed E-state index contributed by atoms with van der Waals surface area (Å²) in [6, 6.07) is -0.985. The Hall–Kier alpha value is -1.34. The highest BCUT2D eigenvalue weighted by Crippen LogP contribution is 2.30. The maximum atomic E-state index is 12.9. The molecule has 1 aliphatic rings. The fraction of sp³-hybridized carbons (Fsp3) is 0.688. The van der Waals surface area contributed by atoms with E-state index in [4.69, 9.17) is 4.74 Å². The van der Waals surface area contributed by atoms with Gasteiger partial charge in [0.1, 0.15) is 11.8 Å². The topological polar surface area (TPSA) is 75.7 Å². The lowest BCUT2D eigenvalue weighted by Gasteiger charge is -2.30. The number of carbonyl (C=O) groups is 1. The van der Waals surface area contributed by atoms with Crippen LogP contribution in [0.2, 0.25) is 0 Å². The van der Waals surface area contributed by atoms with Crippen molar-refractivity contribution in [2.75, 3.05) is 12.9 Å². The van der Waals surface area contributed by atoms with Crippen molar-refractivity contribution in [3.05, 3.63) is 24.1 Å². The molecule has 1 heterocycles. The molecule has 0 unspecified atom stereocenters. The molecule has 23 heavy (non-hydrogen) atoms. The summed E-state index contributed by atoms with van der Waals surface area (Å²) < 4.78 is 31.6. The van der Waals surface area contributed by atoms with Crippen LogP contribution in [0.1, 0.15) is 46.5 Å². The van der Waals surface area contributed by atoms with Gasteiger partial charge in [0.2, 0.25) is 15.9 Å². The highest BCUT2D eigenvalue weighted by atomic mass is 32.2. The van der Waals surface area contributed by atoms with Gasteiger partial charge in [-0.2, -0.15) is 0 Å². The summed E-state index contributed by atoms with van der Waals surface area (Å²) in [6.45, 7) is 9.42. The largest absolute Gasteiger partial charge is 0.499 e. The van der Waals surface area contributed by atoms with Crippen molar-refractivity contribution in [3.8, 4) is 0 Å². The van der Waals surface area contributed by atoms with Crippen LogP contribution in [-0.4, -0.2) is 44.2 Å². The van der Waals surface area contributed by atoms with Crippen LogP contribution in [0.25, 0.3) is 0 Å². The number of hydrogen-bond donors (Lipinski definition) is 1. The molecule has 132 valence electrons. The highest BCUT2D eigenvalue weighted by molar-refractivity contribution is 7.89. The number of allylic oxidation sites excluding steroid dienone is 1. The molecule has 0 radical (unpaired) electrons. The first-order chi connectivity index (χ1) is 10.8. The third-order valence-electron chi connectivity index (χ3n) is 3.87. The SMILES string of the molecule is C=C1C=C(OC)[C@H](CCC)N1C(=O)[C@H](CCC)NS(=O)(=O)CC. The predicted octanol–water partition coefficient (Wildman–Crippen LogP) is 2.15. The van der Waals surface area contributed by atoms with Gasteiger partial charge in [0.25, 0.3) is 0 Å². The Labute approximate surface area is 139 Å². The number of ether oxygens (including phenoxy) is 1. The molecule has 2 atom stereocenters. The van der Waals surface area contributed by atoms with E-state index in [0.29, 0.717) is 24.3 Å². The first kappa shape index (κ1) is 19.7. The molecule has 6 nitrogen and oxygen atoms in total. The molecule has 1 N–H and O–H groups in total. The maximum Gasteiger partial charge on any atom is 0.245 e. The lowest BCUT2D eigenvalue weighted by Crippen LogP contribution is -2.50. The van der Waals surface area contributed by atoms with Crippen LogP contribution in [0.5, 0.6) is 0 Å². The zero-order valence-corrected chi connectivity index (χ0v) is 15.3. The molecule has 0 saturated carbocycles. The number of carbonyl (C=O) groups excluding carboxylic acids is 1. The quantitative estimate of drug-likeness (QED) is 0.695. The number of methoxy groups -OCH3 is 1. The lowest BCUT2D eigenvalue weighted by molar-refractivity contribution is -0.132.